The van der Waals surface area contributed by atoms with Crippen LogP contribution in [0.5, 0.6) is 0 Å². The number of rotatable bonds is 18. The number of aryl methyl sites for hydroxylation is 6. The zero-order chi connectivity index (χ0) is 88.4. The van der Waals surface area contributed by atoms with E-state index in [2.05, 4.69) is 44.4 Å². The summed E-state index contributed by atoms with van der Waals surface area (Å²) in [7, 11) is 6.14. The Hall–Kier alpha value is -9.17. The van der Waals surface area contributed by atoms with Crippen molar-refractivity contribution in [2.24, 2.45) is 0 Å². The molecule has 0 bridgehead atoms. The van der Waals surface area contributed by atoms with Crippen LogP contribution < -0.4 is 20.9 Å². The molecule has 12 rings (SSSR count). The van der Waals surface area contributed by atoms with Crippen molar-refractivity contribution in [3.63, 3.8) is 0 Å². The quantitative estimate of drug-likeness (QED) is 0.0838. The first-order chi connectivity index (χ1) is 55.6. The molecule has 0 saturated carbocycles. The summed E-state index contributed by atoms with van der Waals surface area (Å²) in [4.78, 5) is 27.1. The number of nitrogens with zero attached hydrogens (tertiary/aromatic N) is 9. The third-order valence-electron chi connectivity index (χ3n) is 23.0. The number of hydrogen-bond donors (Lipinski definition) is 1. The molecule has 3 saturated heterocycles. The number of pyridine rings is 3. The van der Waals surface area contributed by atoms with Crippen molar-refractivity contribution >= 4 is 29.9 Å². The lowest BCUT2D eigenvalue weighted by Crippen LogP contribution is -2.44. The van der Waals surface area contributed by atoms with E-state index in [1.165, 1.54) is 36.4 Å². The number of halogens is 22. The lowest BCUT2D eigenvalue weighted by atomic mass is 9.78. The van der Waals surface area contributed by atoms with E-state index >= 15 is 0 Å². The van der Waals surface area contributed by atoms with E-state index in [1.54, 1.807) is 99.1 Å². The first-order valence-corrected chi connectivity index (χ1v) is 39.1. The monoisotopic (exact) mass is 1750 g/mol. The smallest absolute Gasteiger partial charge is 0.354 e. The molecule has 3 aliphatic heterocycles. The Bertz CT molecular complexity index is 4470. The topological polar surface area (TPSA) is 93.1 Å². The molecule has 0 aliphatic carbocycles. The number of aromatic nitrogens is 3. The lowest BCUT2D eigenvalue weighted by Gasteiger charge is -2.33. The Kier molecular flexibility index (Phi) is 31.0. The second-order valence-corrected chi connectivity index (χ2v) is 33.4. The Morgan fingerprint density at radius 1 is 0.270 bits per heavy atom. The van der Waals surface area contributed by atoms with Gasteiger partial charge in [0.25, 0.3) is 0 Å². The highest BCUT2D eigenvalue weighted by atomic mass is 35.5. The molecule has 664 valence electrons. The molecule has 6 aromatic carbocycles. The van der Waals surface area contributed by atoms with Crippen molar-refractivity contribution in [1.82, 2.24) is 35.8 Å². The summed E-state index contributed by atoms with van der Waals surface area (Å²) >= 11 is 0. The Labute approximate surface area is 703 Å². The molecule has 6 heterocycles. The van der Waals surface area contributed by atoms with Crippen LogP contribution >= 0.6 is 12.4 Å². The van der Waals surface area contributed by atoms with E-state index in [9.17, 15) is 92.2 Å². The molecule has 3 aliphatic rings. The van der Waals surface area contributed by atoms with Crippen molar-refractivity contribution in [1.29, 1.82) is 0 Å². The van der Waals surface area contributed by atoms with Crippen molar-refractivity contribution < 1.29 is 92.2 Å². The average molecular weight is 1760 g/mol. The molecular weight excluding hydrogens is 1660 g/mol. The fourth-order valence-electron chi connectivity index (χ4n) is 15.0. The maximum absolute atomic E-state index is 13.9. The van der Waals surface area contributed by atoms with Crippen molar-refractivity contribution in [3.8, 4) is 33.4 Å². The van der Waals surface area contributed by atoms with Crippen LogP contribution in [0, 0.1) is 38.2 Å². The average Bonchev–Trinajstić information content (AvgIpc) is 0.787. The largest absolute Gasteiger partial charge is 0.416 e. The first kappa shape index (κ1) is 98.3. The molecule has 3 aromatic heterocycles. The van der Waals surface area contributed by atoms with Gasteiger partial charge in [0.1, 0.15) is 34.9 Å². The van der Waals surface area contributed by atoms with Crippen molar-refractivity contribution in [3.05, 3.63) is 247 Å². The van der Waals surface area contributed by atoms with Gasteiger partial charge < -0.3 is 35.6 Å². The van der Waals surface area contributed by atoms with Gasteiger partial charge in [0.2, 0.25) is 0 Å². The summed E-state index contributed by atoms with van der Waals surface area (Å²) < 4.78 is 284. The van der Waals surface area contributed by atoms with Crippen LogP contribution in [-0.2, 0) is 72.6 Å². The van der Waals surface area contributed by atoms with Crippen LogP contribution in [0.25, 0.3) is 33.4 Å². The third-order valence-corrected chi connectivity index (χ3v) is 23.0. The van der Waals surface area contributed by atoms with Crippen molar-refractivity contribution in [2.75, 3.05) is 114 Å². The van der Waals surface area contributed by atoms with Gasteiger partial charge in [0.05, 0.1) is 33.4 Å². The molecule has 3 fully saturated rings. The van der Waals surface area contributed by atoms with E-state index in [-0.39, 0.29) is 90.2 Å². The van der Waals surface area contributed by atoms with Crippen LogP contribution in [0.4, 0.5) is 110 Å². The molecule has 3 N–H and O–H groups in total. The van der Waals surface area contributed by atoms with Gasteiger partial charge in [-0.3, -0.25) is 0 Å². The van der Waals surface area contributed by atoms with Crippen LogP contribution in [0.15, 0.2) is 146 Å². The van der Waals surface area contributed by atoms with Crippen LogP contribution in [0.3, 0.4) is 0 Å². The predicted octanol–water partition coefficient (Wildman–Crippen LogP) is 24.3. The second kappa shape index (κ2) is 38.5. The number of hydrogen-bond acceptors (Lipinski definition) is 10. The summed E-state index contributed by atoms with van der Waals surface area (Å²) in [5, 5.41) is 0. The molecule has 0 radical (unpaired) electrons. The highest BCUT2D eigenvalue weighted by molar-refractivity contribution is 5.85. The van der Waals surface area contributed by atoms with Gasteiger partial charge >= 0.3 is 37.1 Å². The number of likely N-dealkylation sites (N-methyl/N-ethyl adjacent to an activating group) is 3. The van der Waals surface area contributed by atoms with Crippen LogP contribution in [-0.4, -0.2) is 129 Å². The zero-order valence-corrected chi connectivity index (χ0v) is 70.5. The van der Waals surface area contributed by atoms with E-state index in [0.29, 0.717) is 36.0 Å². The molecule has 0 amide bonds. The van der Waals surface area contributed by atoms with Gasteiger partial charge in [-0.05, 0) is 289 Å². The van der Waals surface area contributed by atoms with Gasteiger partial charge in [-0.15, -0.1) is 12.4 Å². The maximum Gasteiger partial charge on any atom is 0.416 e. The highest BCUT2D eigenvalue weighted by Crippen LogP contribution is 2.47. The van der Waals surface area contributed by atoms with Crippen molar-refractivity contribution in [2.45, 2.75) is 154 Å². The fourth-order valence-corrected chi connectivity index (χ4v) is 15.0. The minimum absolute atomic E-state index is 0. The van der Waals surface area contributed by atoms with Gasteiger partial charge in [-0.25, -0.2) is 28.1 Å². The fraction of sp³-hybridized carbons (Fsp3) is 0.433. The molecule has 0 spiro atoms. The minimum atomic E-state index is -4.91. The zero-order valence-electron chi connectivity index (χ0n) is 69.7. The predicted molar refractivity (Wildman–Crippen MR) is 438 cm³/mol. The molecule has 32 heteroatoms. The number of piperazine rings is 3. The SMILES string of the molecule is Cc1cc(F)ccc1-c1cc(N2CCN(C)CC2)ncc1CCC(C)(C)c1cc(C(F)(F)F)cc(C(F)(F)F)c1.Cc1cc(F)ccc1-c1cc(N2CCN(C)CC2)ncc1CCC(C)(C)c1cc(C(F)(F)F)cc(C(F)(F)F)c1.Cc1cc(F)ccc1-c1cc(N2CCN(C)CC2)ncc1CCC(C)(C)c1cc(C(F)(F)F)cc(C(F)(F)F)c1.Cl.N. The molecule has 9 aromatic rings. The molecule has 10 nitrogen and oxygen atoms in total. The van der Waals surface area contributed by atoms with Crippen LogP contribution in [0.2, 0.25) is 0 Å². The Morgan fingerprint density at radius 3 is 0.639 bits per heavy atom. The minimum Gasteiger partial charge on any atom is -0.354 e. The maximum atomic E-state index is 13.9. The highest BCUT2D eigenvalue weighted by Gasteiger charge is 2.43. The third kappa shape index (κ3) is 25.1. The normalized spacial score (nSPS) is 15.3. The molecule has 0 atom stereocenters. The van der Waals surface area contributed by atoms with E-state index in [1.807, 2.05) is 39.3 Å². The van der Waals surface area contributed by atoms with E-state index < -0.39 is 86.7 Å². The van der Waals surface area contributed by atoms with Gasteiger partial charge in [-0.2, -0.15) is 79.0 Å². The summed E-state index contributed by atoms with van der Waals surface area (Å²) in [6, 6.07) is 24.5. The summed E-state index contributed by atoms with van der Waals surface area (Å²) in [6.07, 6.45) is -22.5. The Morgan fingerprint density at radius 2 is 0.459 bits per heavy atom. The molecular formula is C90H100ClF21N10. The summed E-state index contributed by atoms with van der Waals surface area (Å²) in [5.41, 5.74) is -1.85. The number of alkyl halides is 18. The number of benzene rings is 6. The number of anilines is 3. The van der Waals surface area contributed by atoms with Gasteiger partial charge in [0.15, 0.2) is 0 Å². The standard InChI is InChI=1S/3C30H32F7N3.ClH.H3N/c3*1-19-13-24(31)5-6-25(19)26-17-27(40-11-9-39(4)10-12-40)38-18-20(26)7-8-28(2,3)21-14-22(29(32,33)34)16-23(15-21)30(35,36)37;;/h3*5-6,13-18H,7-12H2,1-4H3;1H;1H3. The molecule has 0 unspecified atom stereocenters. The van der Waals surface area contributed by atoms with E-state index in [0.717, 1.165) is 182 Å². The van der Waals surface area contributed by atoms with Crippen LogP contribution in [0.1, 0.15) is 144 Å². The lowest BCUT2D eigenvalue weighted by molar-refractivity contribution is -0.144. The van der Waals surface area contributed by atoms with Gasteiger partial charge in [0, 0.05) is 97.1 Å². The Balaban J connectivity index is 0.000000225. The van der Waals surface area contributed by atoms with E-state index in [4.69, 9.17) is 0 Å². The molecule has 122 heavy (non-hydrogen) atoms. The summed E-state index contributed by atoms with van der Waals surface area (Å²) in [5.74, 6) is 1.18. The summed E-state index contributed by atoms with van der Waals surface area (Å²) in [6.45, 7) is 25.2. The van der Waals surface area contributed by atoms with Gasteiger partial charge in [-0.1, -0.05) is 59.7 Å². The second-order valence-electron chi connectivity index (χ2n) is 33.4. The first-order valence-electron chi connectivity index (χ1n) is 39.1.